The fourth-order valence-electron chi connectivity index (χ4n) is 1.35. The highest BCUT2D eigenvalue weighted by Crippen LogP contribution is 2.21. The second-order valence-corrected chi connectivity index (χ2v) is 4.60. The van der Waals surface area contributed by atoms with E-state index in [1.54, 1.807) is 11.3 Å². The van der Waals surface area contributed by atoms with Crippen LogP contribution >= 0.6 is 11.3 Å². The lowest BCUT2D eigenvalue weighted by atomic mass is 10.1. The molecule has 0 saturated carbocycles. The fourth-order valence-corrected chi connectivity index (χ4v) is 1.97. The summed E-state index contributed by atoms with van der Waals surface area (Å²) in [5.74, 6) is 0.309. The van der Waals surface area contributed by atoms with Crippen molar-refractivity contribution < 1.29 is 4.74 Å². The van der Waals surface area contributed by atoms with Gasteiger partial charge in [-0.1, -0.05) is 6.07 Å². The van der Waals surface area contributed by atoms with Crippen LogP contribution in [0.25, 0.3) is 0 Å². The number of hydrogen-bond donors (Lipinski definition) is 0. The largest absolute Gasteiger partial charge is 0.470 e. The molecule has 0 atom stereocenters. The molecule has 2 heterocycles. The van der Waals surface area contributed by atoms with Crippen molar-refractivity contribution in [2.45, 2.75) is 20.5 Å². The average molecular weight is 245 g/mol. The van der Waals surface area contributed by atoms with E-state index in [9.17, 15) is 0 Å². The molecular formula is C12H11N3OS. The summed E-state index contributed by atoms with van der Waals surface area (Å²) in [4.78, 5) is 1.09. The van der Waals surface area contributed by atoms with Crippen LogP contribution in [0.1, 0.15) is 21.7 Å². The lowest BCUT2D eigenvalue weighted by Gasteiger charge is -2.07. The standard InChI is InChI=1S/C12H11N3OS/c1-8-9(2)14-15-12(11(8)6-13)16-7-10-4-3-5-17-10/h3-5H,7H2,1-2H3. The van der Waals surface area contributed by atoms with Gasteiger partial charge in [-0.05, 0) is 30.9 Å². The minimum atomic E-state index is 0.309. The second-order valence-electron chi connectivity index (χ2n) is 3.57. The molecule has 0 amide bonds. The zero-order valence-electron chi connectivity index (χ0n) is 9.60. The van der Waals surface area contributed by atoms with Gasteiger partial charge in [0.05, 0.1) is 5.69 Å². The van der Waals surface area contributed by atoms with Gasteiger partial charge in [0.25, 0.3) is 5.88 Å². The summed E-state index contributed by atoms with van der Waals surface area (Å²) in [7, 11) is 0. The van der Waals surface area contributed by atoms with Crippen molar-refractivity contribution in [2.24, 2.45) is 0 Å². The minimum absolute atomic E-state index is 0.309. The number of hydrogen-bond acceptors (Lipinski definition) is 5. The topological polar surface area (TPSA) is 58.8 Å². The molecule has 0 aliphatic rings. The number of aromatic nitrogens is 2. The number of ether oxygens (including phenoxy) is 1. The predicted octanol–water partition coefficient (Wildman–Crippen LogP) is 2.61. The molecular weight excluding hydrogens is 234 g/mol. The van der Waals surface area contributed by atoms with E-state index in [2.05, 4.69) is 16.3 Å². The fraction of sp³-hybridized carbons (Fsp3) is 0.250. The molecule has 0 aliphatic heterocycles. The molecule has 2 rings (SSSR count). The van der Waals surface area contributed by atoms with E-state index in [-0.39, 0.29) is 0 Å². The zero-order valence-corrected chi connectivity index (χ0v) is 10.4. The smallest absolute Gasteiger partial charge is 0.252 e. The van der Waals surface area contributed by atoms with E-state index in [1.807, 2.05) is 31.4 Å². The summed E-state index contributed by atoms with van der Waals surface area (Å²) in [6, 6.07) is 6.05. The monoisotopic (exact) mass is 245 g/mol. The number of rotatable bonds is 3. The normalized spacial score (nSPS) is 9.94. The lowest BCUT2D eigenvalue weighted by Crippen LogP contribution is -2.03. The van der Waals surface area contributed by atoms with E-state index in [1.165, 1.54) is 0 Å². The first-order valence-electron chi connectivity index (χ1n) is 5.11. The number of nitriles is 1. The maximum atomic E-state index is 9.09. The molecule has 0 fully saturated rings. The highest BCUT2D eigenvalue weighted by atomic mass is 32.1. The third kappa shape index (κ3) is 2.43. The maximum Gasteiger partial charge on any atom is 0.252 e. The van der Waals surface area contributed by atoms with Gasteiger partial charge < -0.3 is 4.74 Å². The third-order valence-corrected chi connectivity index (χ3v) is 3.32. The number of nitrogens with zero attached hydrogens (tertiary/aromatic N) is 3. The summed E-state index contributed by atoms with van der Waals surface area (Å²) in [5.41, 5.74) is 2.04. The highest BCUT2D eigenvalue weighted by Gasteiger charge is 2.12. The zero-order chi connectivity index (χ0) is 12.3. The van der Waals surface area contributed by atoms with Gasteiger partial charge >= 0.3 is 0 Å². The van der Waals surface area contributed by atoms with Gasteiger partial charge in [0.1, 0.15) is 18.2 Å². The van der Waals surface area contributed by atoms with Crippen LogP contribution in [-0.4, -0.2) is 10.2 Å². The van der Waals surface area contributed by atoms with Gasteiger partial charge in [-0.25, -0.2) is 0 Å². The van der Waals surface area contributed by atoms with Crippen molar-refractivity contribution in [3.8, 4) is 11.9 Å². The van der Waals surface area contributed by atoms with Crippen molar-refractivity contribution >= 4 is 11.3 Å². The first kappa shape index (κ1) is 11.6. The Morgan fingerprint density at radius 3 is 2.88 bits per heavy atom. The van der Waals surface area contributed by atoms with E-state index >= 15 is 0 Å². The van der Waals surface area contributed by atoms with Crippen LogP contribution in [0.2, 0.25) is 0 Å². The molecule has 0 saturated heterocycles. The van der Waals surface area contributed by atoms with Crippen molar-refractivity contribution in [2.75, 3.05) is 0 Å². The van der Waals surface area contributed by atoms with Gasteiger partial charge in [0, 0.05) is 4.88 Å². The molecule has 0 aliphatic carbocycles. The molecule has 0 aromatic carbocycles. The van der Waals surface area contributed by atoms with Crippen LogP contribution in [0.5, 0.6) is 5.88 Å². The number of aryl methyl sites for hydroxylation is 1. The van der Waals surface area contributed by atoms with Gasteiger partial charge in [0.15, 0.2) is 0 Å². The Balaban J connectivity index is 2.22. The van der Waals surface area contributed by atoms with Gasteiger partial charge in [-0.15, -0.1) is 16.4 Å². The molecule has 0 spiro atoms. The molecule has 2 aromatic heterocycles. The van der Waals surface area contributed by atoms with E-state index < -0.39 is 0 Å². The Labute approximate surface area is 104 Å². The van der Waals surface area contributed by atoms with Crippen molar-refractivity contribution in [1.82, 2.24) is 10.2 Å². The predicted molar refractivity (Wildman–Crippen MR) is 64.9 cm³/mol. The molecule has 0 N–H and O–H groups in total. The highest BCUT2D eigenvalue weighted by molar-refractivity contribution is 7.09. The Hall–Kier alpha value is -1.93. The summed E-state index contributed by atoms with van der Waals surface area (Å²) in [6.45, 7) is 4.09. The first-order chi connectivity index (χ1) is 8.22. The van der Waals surface area contributed by atoms with Crippen LogP contribution in [0, 0.1) is 25.2 Å². The Morgan fingerprint density at radius 1 is 1.41 bits per heavy atom. The minimum Gasteiger partial charge on any atom is -0.470 e. The van der Waals surface area contributed by atoms with Crippen LogP contribution in [0.4, 0.5) is 0 Å². The SMILES string of the molecule is Cc1nnc(OCc2cccs2)c(C#N)c1C. The van der Waals surface area contributed by atoms with Crippen LogP contribution < -0.4 is 4.74 Å². The van der Waals surface area contributed by atoms with Crippen molar-refractivity contribution in [3.63, 3.8) is 0 Å². The summed E-state index contributed by atoms with van der Waals surface area (Å²) in [6.07, 6.45) is 0. The first-order valence-corrected chi connectivity index (χ1v) is 5.99. The summed E-state index contributed by atoms with van der Waals surface area (Å²) < 4.78 is 5.52. The molecule has 2 aromatic rings. The molecule has 86 valence electrons. The van der Waals surface area contributed by atoms with E-state index in [0.717, 1.165) is 16.1 Å². The van der Waals surface area contributed by atoms with Crippen LogP contribution in [0.15, 0.2) is 17.5 Å². The quantitative estimate of drug-likeness (QED) is 0.834. The summed E-state index contributed by atoms with van der Waals surface area (Å²) in [5, 5.41) is 19.0. The number of thiophene rings is 1. The van der Waals surface area contributed by atoms with Gasteiger partial charge in [-0.2, -0.15) is 10.4 Å². The second kappa shape index (κ2) is 4.93. The summed E-state index contributed by atoms with van der Waals surface area (Å²) >= 11 is 1.61. The third-order valence-electron chi connectivity index (χ3n) is 2.47. The van der Waals surface area contributed by atoms with E-state index in [4.69, 9.17) is 10.00 Å². The van der Waals surface area contributed by atoms with Crippen molar-refractivity contribution in [1.29, 1.82) is 5.26 Å². The average Bonchev–Trinajstić information content (AvgIpc) is 2.83. The van der Waals surface area contributed by atoms with Crippen LogP contribution in [0.3, 0.4) is 0 Å². The van der Waals surface area contributed by atoms with E-state index in [0.29, 0.717) is 18.1 Å². The Kier molecular flexibility index (Phi) is 3.35. The molecule has 0 unspecified atom stereocenters. The lowest BCUT2D eigenvalue weighted by molar-refractivity contribution is 0.292. The molecule has 4 nitrogen and oxygen atoms in total. The maximum absolute atomic E-state index is 9.09. The van der Waals surface area contributed by atoms with Gasteiger partial charge in [-0.3, -0.25) is 0 Å². The van der Waals surface area contributed by atoms with Crippen molar-refractivity contribution in [3.05, 3.63) is 39.2 Å². The molecule has 5 heteroatoms. The van der Waals surface area contributed by atoms with Crippen LogP contribution in [-0.2, 0) is 6.61 Å². The molecule has 0 radical (unpaired) electrons. The van der Waals surface area contributed by atoms with Gasteiger partial charge in [0.2, 0.25) is 0 Å². The molecule has 17 heavy (non-hydrogen) atoms. The Morgan fingerprint density at radius 2 is 2.24 bits per heavy atom. The molecule has 0 bridgehead atoms. The Bertz CT molecular complexity index is 558.